The van der Waals surface area contributed by atoms with Crippen molar-refractivity contribution in [2.45, 2.75) is 94.3 Å². The lowest BCUT2D eigenvalue weighted by Crippen LogP contribution is -2.39. The third kappa shape index (κ3) is 10.7. The van der Waals surface area contributed by atoms with Crippen molar-refractivity contribution in [2.24, 2.45) is 16.7 Å². The SMILES string of the molecule is CC1=CCC(O)C(C)(C)C1/C=C/C(C)=C/C=C/C(C)=C/C=C/C=C(C)/C=C/C=C(C)/C=C/C1=C(C)C(=O)C(O)CC1(C)C. The van der Waals surface area contributed by atoms with E-state index >= 15 is 0 Å². The van der Waals surface area contributed by atoms with E-state index in [1.807, 2.05) is 44.2 Å². The Morgan fingerprint density at radius 1 is 0.767 bits per heavy atom. The topological polar surface area (TPSA) is 57.5 Å². The number of Topliss-reactive ketones (excluding diaryl/α,β-unsaturated/α-hetero) is 1. The van der Waals surface area contributed by atoms with Crippen LogP contribution in [-0.2, 0) is 4.79 Å². The maximum Gasteiger partial charge on any atom is 0.187 e. The number of aliphatic hydroxyl groups is 2. The zero-order valence-corrected chi connectivity index (χ0v) is 28.1. The predicted molar refractivity (Wildman–Crippen MR) is 184 cm³/mol. The summed E-state index contributed by atoms with van der Waals surface area (Å²) in [5.74, 6) is 0.0734. The summed E-state index contributed by atoms with van der Waals surface area (Å²) in [7, 11) is 0. The Morgan fingerprint density at radius 3 is 1.81 bits per heavy atom. The van der Waals surface area contributed by atoms with Gasteiger partial charge in [0.15, 0.2) is 5.78 Å². The first kappa shape index (κ1) is 35.9. The summed E-state index contributed by atoms with van der Waals surface area (Å²) in [5.41, 5.74) is 7.14. The van der Waals surface area contributed by atoms with Crippen LogP contribution in [0.3, 0.4) is 0 Å². The standard InChI is InChI=1S/C40H54O3/c1-28(17-13-19-30(3)21-24-34-32(5)23-26-37(42)40(34,9)10)15-11-12-16-29(2)18-14-20-31(4)22-25-35-33(6)38(43)36(41)27-39(35,7)8/h11-25,34,36-37,41-42H,26-27H2,1-10H3/b12-11+,17-13+,18-14+,24-21+,25-22+,28-15+,29-16+,30-19+,31-20+. The first-order chi connectivity index (χ1) is 20.1. The quantitative estimate of drug-likeness (QED) is 0.199. The third-order valence-corrected chi connectivity index (χ3v) is 8.65. The van der Waals surface area contributed by atoms with Crippen LogP contribution in [0.1, 0.15) is 82.1 Å². The maximum absolute atomic E-state index is 12.2. The molecule has 3 heteroatoms. The van der Waals surface area contributed by atoms with E-state index in [4.69, 9.17) is 0 Å². The van der Waals surface area contributed by atoms with Gasteiger partial charge in [-0.3, -0.25) is 4.79 Å². The summed E-state index contributed by atoms with van der Waals surface area (Å²) in [6, 6.07) is 0. The summed E-state index contributed by atoms with van der Waals surface area (Å²) in [4.78, 5) is 12.2. The van der Waals surface area contributed by atoms with Crippen molar-refractivity contribution in [1.82, 2.24) is 0 Å². The molecule has 0 aromatic carbocycles. The Hall–Kier alpha value is -3.27. The molecule has 3 nitrogen and oxygen atoms in total. The molecule has 0 aliphatic heterocycles. The van der Waals surface area contributed by atoms with E-state index in [0.717, 1.165) is 28.7 Å². The van der Waals surface area contributed by atoms with Crippen LogP contribution in [0, 0.1) is 16.7 Å². The van der Waals surface area contributed by atoms with Gasteiger partial charge in [0, 0.05) is 11.3 Å². The maximum atomic E-state index is 12.2. The van der Waals surface area contributed by atoms with Crippen LogP contribution in [0.5, 0.6) is 0 Å². The molecule has 2 rings (SSSR count). The highest BCUT2D eigenvalue weighted by Gasteiger charge is 2.38. The molecule has 3 unspecified atom stereocenters. The molecule has 2 aliphatic carbocycles. The molecule has 0 aromatic heterocycles. The molecule has 0 saturated carbocycles. The number of hydrogen-bond donors (Lipinski definition) is 2. The molecule has 0 amide bonds. The highest BCUT2D eigenvalue weighted by molar-refractivity contribution is 6.00. The van der Waals surface area contributed by atoms with Gasteiger partial charge in [0.2, 0.25) is 0 Å². The van der Waals surface area contributed by atoms with E-state index in [0.29, 0.717) is 12.0 Å². The molecule has 0 heterocycles. The molecule has 3 atom stereocenters. The molecule has 0 bridgehead atoms. The minimum Gasteiger partial charge on any atom is -0.392 e. The van der Waals surface area contributed by atoms with Crippen LogP contribution < -0.4 is 0 Å². The fourth-order valence-corrected chi connectivity index (χ4v) is 5.65. The number of ketones is 1. The first-order valence-electron chi connectivity index (χ1n) is 15.4. The van der Waals surface area contributed by atoms with Crippen molar-refractivity contribution in [3.8, 4) is 0 Å². The van der Waals surface area contributed by atoms with E-state index in [-0.39, 0.29) is 28.6 Å². The van der Waals surface area contributed by atoms with Crippen LogP contribution in [0.4, 0.5) is 0 Å². The van der Waals surface area contributed by atoms with E-state index < -0.39 is 6.10 Å². The summed E-state index contributed by atoms with van der Waals surface area (Å²) < 4.78 is 0. The summed E-state index contributed by atoms with van der Waals surface area (Å²) in [6.45, 7) is 20.7. The largest absolute Gasteiger partial charge is 0.392 e. The molecular formula is C40H54O3. The number of rotatable bonds is 10. The minimum absolute atomic E-state index is 0.161. The van der Waals surface area contributed by atoms with Gasteiger partial charge < -0.3 is 10.2 Å². The van der Waals surface area contributed by atoms with Gasteiger partial charge in [-0.1, -0.05) is 147 Å². The Bertz CT molecular complexity index is 1360. The van der Waals surface area contributed by atoms with Gasteiger partial charge in [-0.25, -0.2) is 0 Å². The van der Waals surface area contributed by atoms with Crippen molar-refractivity contribution in [2.75, 3.05) is 0 Å². The molecule has 232 valence electrons. The minimum atomic E-state index is -0.899. The number of allylic oxidation sites excluding steroid dienone is 20. The van der Waals surface area contributed by atoms with Gasteiger partial charge >= 0.3 is 0 Å². The zero-order chi connectivity index (χ0) is 32.4. The van der Waals surface area contributed by atoms with Crippen LogP contribution in [0.25, 0.3) is 0 Å². The van der Waals surface area contributed by atoms with Gasteiger partial charge in [-0.15, -0.1) is 0 Å². The van der Waals surface area contributed by atoms with E-state index in [9.17, 15) is 15.0 Å². The molecule has 2 N–H and O–H groups in total. The number of carbonyl (C=O) groups is 1. The van der Waals surface area contributed by atoms with Crippen molar-refractivity contribution >= 4 is 5.78 Å². The van der Waals surface area contributed by atoms with Crippen molar-refractivity contribution in [3.63, 3.8) is 0 Å². The number of hydrogen-bond acceptors (Lipinski definition) is 3. The lowest BCUT2D eigenvalue weighted by Gasteiger charge is -2.40. The van der Waals surface area contributed by atoms with Crippen LogP contribution in [0.15, 0.2) is 130 Å². The van der Waals surface area contributed by atoms with E-state index in [2.05, 4.69) is 116 Å². The number of carbonyl (C=O) groups excluding carboxylic acids is 1. The molecule has 0 fully saturated rings. The predicted octanol–water partition coefficient (Wildman–Crippen LogP) is 9.58. The second-order valence-corrected chi connectivity index (χ2v) is 13.4. The molecule has 2 aliphatic rings. The second kappa shape index (κ2) is 16.0. The van der Waals surface area contributed by atoms with Crippen LogP contribution >= 0.6 is 0 Å². The Morgan fingerprint density at radius 2 is 1.26 bits per heavy atom. The van der Waals surface area contributed by atoms with Crippen molar-refractivity contribution < 1.29 is 15.0 Å². The first-order valence-corrected chi connectivity index (χ1v) is 15.4. The van der Waals surface area contributed by atoms with Gasteiger partial charge in [0.1, 0.15) is 6.10 Å². The highest BCUT2D eigenvalue weighted by atomic mass is 16.3. The average Bonchev–Trinajstić information content (AvgIpc) is 2.91. The fourth-order valence-electron chi connectivity index (χ4n) is 5.65. The van der Waals surface area contributed by atoms with E-state index in [1.165, 1.54) is 11.1 Å². The van der Waals surface area contributed by atoms with Crippen molar-refractivity contribution in [3.05, 3.63) is 130 Å². The lowest BCUT2D eigenvalue weighted by molar-refractivity contribution is -0.125. The second-order valence-electron chi connectivity index (χ2n) is 13.4. The molecule has 0 saturated heterocycles. The summed E-state index contributed by atoms with van der Waals surface area (Å²) in [5, 5.41) is 20.4. The van der Waals surface area contributed by atoms with Gasteiger partial charge in [0.05, 0.1) is 6.10 Å². The summed E-state index contributed by atoms with van der Waals surface area (Å²) in [6.07, 6.45) is 31.3. The van der Waals surface area contributed by atoms with Crippen LogP contribution in [0.2, 0.25) is 0 Å². The van der Waals surface area contributed by atoms with Crippen molar-refractivity contribution in [1.29, 1.82) is 0 Å². The Labute approximate surface area is 261 Å². The molecular weight excluding hydrogens is 528 g/mol. The molecule has 0 spiro atoms. The van der Waals surface area contributed by atoms with Gasteiger partial charge in [-0.05, 0) is 70.9 Å². The third-order valence-electron chi connectivity index (χ3n) is 8.65. The highest BCUT2D eigenvalue weighted by Crippen LogP contribution is 2.42. The van der Waals surface area contributed by atoms with Gasteiger partial charge in [0.25, 0.3) is 0 Å². The molecule has 43 heavy (non-hydrogen) atoms. The Kier molecular flexibility index (Phi) is 13.4. The molecule has 0 radical (unpaired) electrons. The smallest absolute Gasteiger partial charge is 0.187 e. The fraction of sp³-hybridized carbons (Fsp3) is 0.425. The normalized spacial score (nSPS) is 26.3. The molecule has 0 aromatic rings. The lowest BCUT2D eigenvalue weighted by atomic mass is 9.67. The summed E-state index contributed by atoms with van der Waals surface area (Å²) >= 11 is 0. The average molecular weight is 583 g/mol. The number of aliphatic hydroxyl groups excluding tert-OH is 2. The zero-order valence-electron chi connectivity index (χ0n) is 28.1. The van der Waals surface area contributed by atoms with Crippen LogP contribution in [-0.4, -0.2) is 28.2 Å². The van der Waals surface area contributed by atoms with Gasteiger partial charge in [-0.2, -0.15) is 0 Å². The monoisotopic (exact) mass is 582 g/mol. The Balaban J connectivity index is 1.92. The van der Waals surface area contributed by atoms with E-state index in [1.54, 1.807) is 0 Å².